The maximum absolute atomic E-state index is 10.7. The van der Waals surface area contributed by atoms with Gasteiger partial charge in [0.2, 0.25) is 0 Å². The molecule has 1 N–H and O–H groups in total. The first-order valence-corrected chi connectivity index (χ1v) is 4.52. The Morgan fingerprint density at radius 3 is 2.18 bits per heavy atom. The maximum Gasteiger partial charge on any atom is 0.307 e. The average molecular weight is 152 g/mol. The minimum atomic E-state index is -0.531. The first-order chi connectivity index (χ1) is 5.29. The van der Waals surface area contributed by atoms with E-state index in [-0.39, 0.29) is 5.92 Å². The van der Waals surface area contributed by atoms with Crippen LogP contribution in [0.5, 0.6) is 0 Å². The summed E-state index contributed by atoms with van der Waals surface area (Å²) < 4.78 is 0. The van der Waals surface area contributed by atoms with Gasteiger partial charge in [0.15, 0.2) is 0 Å². The van der Waals surface area contributed by atoms with Gasteiger partial charge in [-0.25, -0.2) is 0 Å². The molecule has 3 saturated carbocycles. The van der Waals surface area contributed by atoms with Crippen LogP contribution in [0.25, 0.3) is 0 Å². The lowest BCUT2D eigenvalue weighted by Crippen LogP contribution is -2.07. The van der Waals surface area contributed by atoms with Crippen molar-refractivity contribution in [3.05, 3.63) is 0 Å². The van der Waals surface area contributed by atoms with Crippen molar-refractivity contribution < 1.29 is 9.90 Å². The van der Waals surface area contributed by atoms with Crippen LogP contribution in [0.1, 0.15) is 19.3 Å². The number of aliphatic carboxylic acids is 1. The zero-order valence-corrected chi connectivity index (χ0v) is 6.36. The van der Waals surface area contributed by atoms with E-state index < -0.39 is 5.97 Å². The third-order valence-electron chi connectivity index (χ3n) is 4.02. The van der Waals surface area contributed by atoms with Crippen molar-refractivity contribution in [1.82, 2.24) is 0 Å². The number of rotatable bonds is 1. The molecular formula is C9H12O2. The minimum absolute atomic E-state index is 0.0706. The van der Waals surface area contributed by atoms with Crippen LogP contribution >= 0.6 is 0 Å². The van der Waals surface area contributed by atoms with E-state index in [1.54, 1.807) is 0 Å². The van der Waals surface area contributed by atoms with Gasteiger partial charge in [0.05, 0.1) is 5.92 Å². The highest BCUT2D eigenvalue weighted by molar-refractivity contribution is 5.75. The van der Waals surface area contributed by atoms with E-state index >= 15 is 0 Å². The minimum Gasteiger partial charge on any atom is -0.481 e. The lowest BCUT2D eigenvalue weighted by molar-refractivity contribution is -0.139. The van der Waals surface area contributed by atoms with Crippen LogP contribution in [0.2, 0.25) is 0 Å². The first kappa shape index (κ1) is 6.04. The van der Waals surface area contributed by atoms with Gasteiger partial charge in [-0.3, -0.25) is 4.79 Å². The highest BCUT2D eigenvalue weighted by Crippen LogP contribution is 2.69. The van der Waals surface area contributed by atoms with E-state index in [2.05, 4.69) is 0 Å². The van der Waals surface area contributed by atoms with Crippen molar-refractivity contribution in [1.29, 1.82) is 0 Å². The molecule has 0 saturated heterocycles. The van der Waals surface area contributed by atoms with Crippen molar-refractivity contribution in [3.63, 3.8) is 0 Å². The SMILES string of the molecule is O=C(O)C1C2C1[C@H]1CC[C@@H]2C1. The Labute approximate surface area is 65.6 Å². The van der Waals surface area contributed by atoms with E-state index in [9.17, 15) is 4.79 Å². The summed E-state index contributed by atoms with van der Waals surface area (Å²) >= 11 is 0. The number of hydrogen-bond acceptors (Lipinski definition) is 1. The molecular weight excluding hydrogens is 140 g/mol. The van der Waals surface area contributed by atoms with E-state index in [1.807, 2.05) is 0 Å². The molecule has 3 aliphatic rings. The second kappa shape index (κ2) is 1.62. The highest BCUT2D eigenvalue weighted by atomic mass is 16.4. The predicted molar refractivity (Wildman–Crippen MR) is 38.9 cm³/mol. The number of carboxylic acids is 1. The Morgan fingerprint density at radius 2 is 1.73 bits per heavy atom. The molecule has 2 heteroatoms. The number of fused-ring (bicyclic) bond motifs is 5. The quantitative estimate of drug-likeness (QED) is 0.616. The van der Waals surface area contributed by atoms with Crippen LogP contribution in [0, 0.1) is 29.6 Å². The van der Waals surface area contributed by atoms with Gasteiger partial charge in [0.25, 0.3) is 0 Å². The van der Waals surface area contributed by atoms with Crippen molar-refractivity contribution in [3.8, 4) is 0 Å². The third-order valence-corrected chi connectivity index (χ3v) is 4.02. The molecule has 0 aromatic carbocycles. The number of carbonyl (C=O) groups is 1. The number of carboxylic acid groups (broad SMARTS) is 1. The fourth-order valence-electron chi connectivity index (χ4n) is 3.66. The number of hydrogen-bond donors (Lipinski definition) is 1. The average Bonchev–Trinajstić information content (AvgIpc) is 2.44. The van der Waals surface area contributed by atoms with Crippen molar-refractivity contribution in [2.45, 2.75) is 19.3 Å². The highest BCUT2D eigenvalue weighted by Gasteiger charge is 2.67. The second-order valence-electron chi connectivity index (χ2n) is 4.35. The third kappa shape index (κ3) is 0.569. The molecule has 0 aliphatic heterocycles. The molecule has 11 heavy (non-hydrogen) atoms. The Balaban J connectivity index is 1.86. The van der Waals surface area contributed by atoms with Gasteiger partial charge in [-0.05, 0) is 42.9 Å². The monoisotopic (exact) mass is 152 g/mol. The van der Waals surface area contributed by atoms with Crippen LogP contribution in [0.15, 0.2) is 0 Å². The largest absolute Gasteiger partial charge is 0.481 e. The topological polar surface area (TPSA) is 37.3 Å². The molecule has 0 radical (unpaired) electrons. The van der Waals surface area contributed by atoms with E-state index in [0.29, 0.717) is 11.8 Å². The van der Waals surface area contributed by atoms with Gasteiger partial charge in [-0.15, -0.1) is 0 Å². The summed E-state index contributed by atoms with van der Waals surface area (Å²) in [5, 5.41) is 8.82. The molecule has 5 atom stereocenters. The Kier molecular flexibility index (Phi) is 0.890. The predicted octanol–water partition coefficient (Wildman–Crippen LogP) is 1.36. The van der Waals surface area contributed by atoms with E-state index in [0.717, 1.165) is 11.8 Å². The zero-order chi connectivity index (χ0) is 7.59. The van der Waals surface area contributed by atoms with Crippen LogP contribution in [0.4, 0.5) is 0 Å². The van der Waals surface area contributed by atoms with Crippen LogP contribution in [-0.2, 0) is 4.79 Å². The molecule has 0 heterocycles. The summed E-state index contributed by atoms with van der Waals surface area (Å²) in [5.41, 5.74) is 0. The van der Waals surface area contributed by atoms with Crippen LogP contribution in [-0.4, -0.2) is 11.1 Å². The fraction of sp³-hybridized carbons (Fsp3) is 0.889. The van der Waals surface area contributed by atoms with Gasteiger partial charge in [-0.2, -0.15) is 0 Å². The van der Waals surface area contributed by atoms with Crippen LogP contribution < -0.4 is 0 Å². The van der Waals surface area contributed by atoms with E-state index in [1.165, 1.54) is 19.3 Å². The molecule has 3 fully saturated rings. The molecule has 0 aromatic rings. The molecule has 2 nitrogen and oxygen atoms in total. The van der Waals surface area contributed by atoms with Gasteiger partial charge < -0.3 is 5.11 Å². The van der Waals surface area contributed by atoms with Crippen molar-refractivity contribution >= 4 is 5.97 Å². The lowest BCUT2D eigenvalue weighted by Gasteiger charge is -2.04. The smallest absolute Gasteiger partial charge is 0.307 e. The summed E-state index contributed by atoms with van der Waals surface area (Å²) in [6.07, 6.45) is 3.98. The Hall–Kier alpha value is -0.530. The fourth-order valence-corrected chi connectivity index (χ4v) is 3.66. The molecule has 0 spiro atoms. The second-order valence-corrected chi connectivity index (χ2v) is 4.35. The first-order valence-electron chi connectivity index (χ1n) is 4.52. The normalized spacial score (nSPS) is 57.6. The van der Waals surface area contributed by atoms with Crippen molar-refractivity contribution in [2.75, 3.05) is 0 Å². The van der Waals surface area contributed by atoms with Crippen molar-refractivity contribution in [2.24, 2.45) is 29.6 Å². The maximum atomic E-state index is 10.7. The summed E-state index contributed by atoms with van der Waals surface area (Å²) in [7, 11) is 0. The molecule has 60 valence electrons. The van der Waals surface area contributed by atoms with Gasteiger partial charge in [0.1, 0.15) is 0 Å². The van der Waals surface area contributed by atoms with Crippen LogP contribution in [0.3, 0.4) is 0 Å². The Morgan fingerprint density at radius 1 is 1.18 bits per heavy atom. The molecule has 3 unspecified atom stereocenters. The summed E-state index contributed by atoms with van der Waals surface area (Å²) in [6.45, 7) is 0. The Bertz CT molecular complexity index is 208. The molecule has 3 aliphatic carbocycles. The lowest BCUT2D eigenvalue weighted by atomic mass is 10.0. The summed E-state index contributed by atoms with van der Waals surface area (Å²) in [6, 6.07) is 0. The molecule has 2 bridgehead atoms. The molecule has 3 rings (SSSR count). The van der Waals surface area contributed by atoms with Gasteiger partial charge in [-0.1, -0.05) is 0 Å². The summed E-state index contributed by atoms with van der Waals surface area (Å²) in [5.74, 6) is 2.34. The van der Waals surface area contributed by atoms with Gasteiger partial charge >= 0.3 is 5.97 Å². The van der Waals surface area contributed by atoms with Gasteiger partial charge in [0, 0.05) is 0 Å². The molecule has 0 amide bonds. The standard InChI is InChI=1S/C9H12O2/c10-9(11)8-6-4-1-2-5(3-4)7(6)8/h4-8H,1-3H2,(H,10,11)/t4-,5+,6?,7?,8?. The molecule has 0 aromatic heterocycles. The zero-order valence-electron chi connectivity index (χ0n) is 6.36. The van der Waals surface area contributed by atoms with E-state index in [4.69, 9.17) is 5.11 Å². The summed E-state index contributed by atoms with van der Waals surface area (Å²) in [4.78, 5) is 10.7.